The molecule has 1 saturated heterocycles. The van der Waals surface area contributed by atoms with Crippen LogP contribution in [0.25, 0.3) is 22.5 Å². The van der Waals surface area contributed by atoms with Crippen molar-refractivity contribution in [2.75, 3.05) is 12.4 Å². The Morgan fingerprint density at radius 3 is 2.19 bits per heavy atom. The van der Waals surface area contributed by atoms with Gasteiger partial charge >= 0.3 is 0 Å². The monoisotopic (exact) mass is 363 g/mol. The Labute approximate surface area is 158 Å². The van der Waals surface area contributed by atoms with Crippen LogP contribution in [0.3, 0.4) is 0 Å². The van der Waals surface area contributed by atoms with E-state index < -0.39 is 0 Å². The maximum Gasteiger partial charge on any atom is 0.209 e. The van der Waals surface area contributed by atoms with Crippen molar-refractivity contribution in [1.29, 1.82) is 0 Å². The number of hydrogen-bond donors (Lipinski definition) is 0. The van der Waals surface area contributed by atoms with E-state index in [1.807, 2.05) is 48.5 Å². The van der Waals surface area contributed by atoms with Crippen LogP contribution in [0.4, 0.5) is 0 Å². The molecule has 0 spiro atoms. The minimum absolute atomic E-state index is 0.298. The van der Waals surface area contributed by atoms with Gasteiger partial charge in [0.2, 0.25) is 5.16 Å². The molecule has 0 N–H and O–H groups in total. The molecule has 4 rings (SSSR count). The summed E-state index contributed by atoms with van der Waals surface area (Å²) in [7, 11) is 0. The number of aromatic nitrogens is 3. The highest BCUT2D eigenvalue weighted by Crippen LogP contribution is 2.30. The summed E-state index contributed by atoms with van der Waals surface area (Å²) >= 11 is 1.63. The van der Waals surface area contributed by atoms with Gasteiger partial charge in [0.05, 0.1) is 6.10 Å². The largest absolute Gasteiger partial charge is 0.377 e. The van der Waals surface area contributed by atoms with Gasteiger partial charge in [-0.25, -0.2) is 4.98 Å². The van der Waals surface area contributed by atoms with E-state index in [-0.39, 0.29) is 0 Å². The molecule has 0 aliphatic carbocycles. The lowest BCUT2D eigenvalue weighted by molar-refractivity contribution is 0.0315. The number of hydrogen-bond acceptors (Lipinski definition) is 5. The smallest absolute Gasteiger partial charge is 0.209 e. The molecule has 1 aromatic heterocycles. The van der Waals surface area contributed by atoms with Crippen molar-refractivity contribution in [1.82, 2.24) is 15.2 Å². The second kappa shape index (κ2) is 8.43. The van der Waals surface area contributed by atoms with Crippen LogP contribution in [0.5, 0.6) is 0 Å². The van der Waals surface area contributed by atoms with Crippen LogP contribution in [-0.2, 0) is 4.74 Å². The van der Waals surface area contributed by atoms with Crippen LogP contribution in [0, 0.1) is 0 Å². The Kier molecular flexibility index (Phi) is 5.57. The zero-order valence-corrected chi connectivity index (χ0v) is 15.4. The first-order valence-electron chi connectivity index (χ1n) is 9.00. The van der Waals surface area contributed by atoms with Gasteiger partial charge in [0.15, 0.2) is 0 Å². The number of ether oxygens (including phenoxy) is 1. The summed E-state index contributed by atoms with van der Waals surface area (Å²) in [6.07, 6.45) is 3.83. The molecule has 3 aromatic rings. The van der Waals surface area contributed by atoms with Crippen molar-refractivity contribution < 1.29 is 4.74 Å². The predicted molar refractivity (Wildman–Crippen MR) is 105 cm³/mol. The number of benzene rings is 2. The molecule has 2 heterocycles. The lowest BCUT2D eigenvalue weighted by Crippen LogP contribution is -2.21. The van der Waals surface area contributed by atoms with E-state index in [0.29, 0.717) is 11.3 Å². The van der Waals surface area contributed by atoms with Crippen LogP contribution < -0.4 is 0 Å². The first-order chi connectivity index (χ1) is 12.9. The summed E-state index contributed by atoms with van der Waals surface area (Å²) in [5.41, 5.74) is 3.77. The van der Waals surface area contributed by atoms with E-state index in [0.717, 1.165) is 41.3 Å². The Bertz CT molecular complexity index is 836. The zero-order chi connectivity index (χ0) is 17.6. The SMILES string of the molecule is c1ccc(-c2nnc(SCC3CCCCO3)nc2-c2ccccc2)cc1. The van der Waals surface area contributed by atoms with Gasteiger partial charge < -0.3 is 4.74 Å². The van der Waals surface area contributed by atoms with Crippen molar-refractivity contribution in [3.8, 4) is 22.5 Å². The molecule has 1 aliphatic heterocycles. The fourth-order valence-electron chi connectivity index (χ4n) is 3.07. The second-order valence-corrected chi connectivity index (χ2v) is 7.31. The van der Waals surface area contributed by atoms with Crippen molar-refractivity contribution in [2.24, 2.45) is 0 Å². The van der Waals surface area contributed by atoms with E-state index in [4.69, 9.17) is 9.72 Å². The minimum atomic E-state index is 0.298. The van der Waals surface area contributed by atoms with Gasteiger partial charge in [-0.1, -0.05) is 72.4 Å². The zero-order valence-electron chi connectivity index (χ0n) is 14.5. The maximum atomic E-state index is 5.81. The molecular weight excluding hydrogens is 342 g/mol. The van der Waals surface area contributed by atoms with Crippen LogP contribution in [-0.4, -0.2) is 33.6 Å². The Morgan fingerprint density at radius 2 is 1.54 bits per heavy atom. The third-order valence-corrected chi connectivity index (χ3v) is 5.40. The molecule has 4 nitrogen and oxygen atoms in total. The van der Waals surface area contributed by atoms with Crippen LogP contribution in [0.2, 0.25) is 0 Å². The van der Waals surface area contributed by atoms with Gasteiger partial charge in [-0.2, -0.15) is 0 Å². The van der Waals surface area contributed by atoms with Gasteiger partial charge in [0.1, 0.15) is 11.4 Å². The molecule has 132 valence electrons. The molecule has 5 heteroatoms. The Morgan fingerprint density at radius 1 is 0.846 bits per heavy atom. The van der Waals surface area contributed by atoms with E-state index in [1.165, 1.54) is 12.8 Å². The molecule has 1 aliphatic rings. The minimum Gasteiger partial charge on any atom is -0.377 e. The van der Waals surface area contributed by atoms with Gasteiger partial charge in [-0.15, -0.1) is 10.2 Å². The molecule has 26 heavy (non-hydrogen) atoms. The van der Waals surface area contributed by atoms with E-state index in [9.17, 15) is 0 Å². The van der Waals surface area contributed by atoms with Gasteiger partial charge in [-0.05, 0) is 19.3 Å². The first-order valence-corrected chi connectivity index (χ1v) is 9.99. The topological polar surface area (TPSA) is 47.9 Å². The average Bonchev–Trinajstić information content (AvgIpc) is 2.74. The highest BCUT2D eigenvalue weighted by Gasteiger charge is 2.17. The summed E-state index contributed by atoms with van der Waals surface area (Å²) in [4.78, 5) is 4.84. The molecule has 1 unspecified atom stereocenters. The normalized spacial score (nSPS) is 17.2. The standard InChI is InChI=1S/C21H21N3OS/c1-3-9-16(10-4-1)19-20(17-11-5-2-6-12-17)23-24-21(22-19)26-15-18-13-7-8-14-25-18/h1-6,9-12,18H,7-8,13-15H2. The van der Waals surface area contributed by atoms with Crippen molar-refractivity contribution in [3.63, 3.8) is 0 Å². The Hall–Kier alpha value is -2.24. The molecule has 1 fully saturated rings. The summed E-state index contributed by atoms with van der Waals surface area (Å²) in [5.74, 6) is 0.876. The molecule has 0 bridgehead atoms. The fraction of sp³-hybridized carbons (Fsp3) is 0.286. The highest BCUT2D eigenvalue weighted by atomic mass is 32.2. The summed E-state index contributed by atoms with van der Waals surface area (Å²) in [6.45, 7) is 0.868. The predicted octanol–water partition coefficient (Wildman–Crippen LogP) is 4.87. The number of thioether (sulfide) groups is 1. The summed E-state index contributed by atoms with van der Waals surface area (Å²) in [5, 5.41) is 9.59. The van der Waals surface area contributed by atoms with E-state index in [2.05, 4.69) is 22.3 Å². The number of rotatable bonds is 5. The molecule has 0 radical (unpaired) electrons. The number of nitrogens with zero attached hydrogens (tertiary/aromatic N) is 3. The molecule has 0 saturated carbocycles. The van der Waals surface area contributed by atoms with E-state index in [1.54, 1.807) is 11.8 Å². The average molecular weight is 363 g/mol. The van der Waals surface area contributed by atoms with Crippen molar-refractivity contribution in [2.45, 2.75) is 30.5 Å². The van der Waals surface area contributed by atoms with Gasteiger partial charge in [-0.3, -0.25) is 0 Å². The third-order valence-electron chi connectivity index (χ3n) is 4.43. The van der Waals surface area contributed by atoms with Crippen LogP contribution in [0.15, 0.2) is 65.8 Å². The lowest BCUT2D eigenvalue weighted by Gasteiger charge is -2.21. The third kappa shape index (κ3) is 4.11. The molecule has 2 aromatic carbocycles. The maximum absolute atomic E-state index is 5.81. The fourth-order valence-corrected chi connectivity index (χ4v) is 3.92. The first kappa shape index (κ1) is 17.2. The Balaban J connectivity index is 1.63. The molecular formula is C21H21N3OS. The van der Waals surface area contributed by atoms with Crippen LogP contribution in [0.1, 0.15) is 19.3 Å². The van der Waals surface area contributed by atoms with Gasteiger partial charge in [0, 0.05) is 23.5 Å². The summed E-state index contributed by atoms with van der Waals surface area (Å²) < 4.78 is 5.81. The second-order valence-electron chi connectivity index (χ2n) is 6.32. The molecule has 0 amide bonds. The lowest BCUT2D eigenvalue weighted by atomic mass is 10.0. The van der Waals surface area contributed by atoms with Gasteiger partial charge in [0.25, 0.3) is 0 Å². The van der Waals surface area contributed by atoms with E-state index >= 15 is 0 Å². The molecule has 1 atom stereocenters. The highest BCUT2D eigenvalue weighted by molar-refractivity contribution is 7.99. The summed E-state index contributed by atoms with van der Waals surface area (Å²) in [6, 6.07) is 20.3. The van der Waals surface area contributed by atoms with Crippen molar-refractivity contribution >= 4 is 11.8 Å². The quantitative estimate of drug-likeness (QED) is 0.606. The van der Waals surface area contributed by atoms with Crippen molar-refractivity contribution in [3.05, 3.63) is 60.7 Å². The van der Waals surface area contributed by atoms with Crippen LogP contribution >= 0.6 is 11.8 Å².